The molecule has 0 saturated carbocycles. The van der Waals surface area contributed by atoms with Crippen molar-refractivity contribution >= 4 is 44.5 Å². The molecule has 2 rings (SSSR count). The van der Waals surface area contributed by atoms with E-state index in [1.807, 2.05) is 24.3 Å². The highest BCUT2D eigenvalue weighted by Crippen LogP contribution is 2.34. The second-order valence-corrected chi connectivity index (χ2v) is 6.87. The third-order valence-electron chi connectivity index (χ3n) is 3.07. The molecule has 4 nitrogen and oxygen atoms in total. The first-order valence-corrected chi connectivity index (χ1v) is 8.95. The van der Waals surface area contributed by atoms with Crippen LogP contribution in [-0.4, -0.2) is 19.7 Å². The van der Waals surface area contributed by atoms with E-state index in [-0.39, 0.29) is 6.61 Å². The molecule has 0 spiro atoms. The van der Waals surface area contributed by atoms with Gasteiger partial charge in [0.05, 0.1) is 16.2 Å². The summed E-state index contributed by atoms with van der Waals surface area (Å²) in [6.07, 6.45) is 1.52. The van der Waals surface area contributed by atoms with Crippen LogP contribution in [0.25, 0.3) is 0 Å². The smallest absolute Gasteiger partial charge is 0.338 e. The molecule has 2 aromatic carbocycles. The van der Waals surface area contributed by atoms with Crippen LogP contribution in [-0.2, 0) is 11.3 Å². The Morgan fingerprint density at radius 1 is 1.33 bits per heavy atom. The Morgan fingerprint density at radius 2 is 2.12 bits per heavy atom. The molecule has 0 aliphatic rings. The Labute approximate surface area is 163 Å². The van der Waals surface area contributed by atoms with E-state index in [0.717, 1.165) is 13.6 Å². The molecule has 0 heterocycles. The van der Waals surface area contributed by atoms with E-state index in [9.17, 15) is 4.79 Å². The Balaban J connectivity index is 2.20. The van der Waals surface area contributed by atoms with E-state index in [0.29, 0.717) is 23.7 Å². The van der Waals surface area contributed by atoms with E-state index in [1.165, 1.54) is 13.2 Å². The first kappa shape index (κ1) is 18.8. The number of carbonyl (C=O) groups is 1. The lowest BCUT2D eigenvalue weighted by molar-refractivity contribution is 0.0549. The average molecular weight is 503 g/mol. The predicted octanol–water partition coefficient (Wildman–Crippen LogP) is 4.98. The Bertz CT molecular complexity index is 746. The summed E-state index contributed by atoms with van der Waals surface area (Å²) in [4.78, 5) is 12.0. The van der Waals surface area contributed by atoms with Crippen LogP contribution in [0.5, 0.6) is 11.5 Å². The molecule has 0 aliphatic carbocycles. The molecule has 0 radical (unpaired) electrons. The summed E-state index contributed by atoms with van der Waals surface area (Å²) in [5.41, 5.74) is 1.43. The van der Waals surface area contributed by atoms with Crippen molar-refractivity contribution < 1.29 is 19.0 Å². The molecule has 0 unspecified atom stereocenters. The summed E-state index contributed by atoms with van der Waals surface area (Å²) in [5, 5.41) is 0. The van der Waals surface area contributed by atoms with Crippen molar-refractivity contribution in [2.75, 3.05) is 13.7 Å². The third-order valence-corrected chi connectivity index (χ3v) is 4.36. The van der Waals surface area contributed by atoms with Crippen molar-refractivity contribution in [1.82, 2.24) is 0 Å². The van der Waals surface area contributed by atoms with Crippen LogP contribution in [0.1, 0.15) is 15.9 Å². The van der Waals surface area contributed by atoms with Gasteiger partial charge >= 0.3 is 5.97 Å². The zero-order chi connectivity index (χ0) is 17.5. The van der Waals surface area contributed by atoms with Crippen LogP contribution in [0, 0.1) is 3.57 Å². The molecule has 0 aliphatic heterocycles. The number of ether oxygens (including phenoxy) is 3. The van der Waals surface area contributed by atoms with Gasteiger partial charge in [-0.05, 0) is 52.4 Å². The summed E-state index contributed by atoms with van der Waals surface area (Å²) in [7, 11) is 1.54. The lowest BCUT2D eigenvalue weighted by Crippen LogP contribution is -2.07. The van der Waals surface area contributed by atoms with Crippen molar-refractivity contribution in [1.29, 1.82) is 0 Å². The number of carbonyl (C=O) groups excluding carboxylic acids is 1. The topological polar surface area (TPSA) is 44.8 Å². The normalized spacial score (nSPS) is 10.1. The highest BCUT2D eigenvalue weighted by atomic mass is 127. The van der Waals surface area contributed by atoms with Gasteiger partial charge in [-0.15, -0.1) is 0 Å². The largest absolute Gasteiger partial charge is 0.493 e. The van der Waals surface area contributed by atoms with Gasteiger partial charge in [-0.1, -0.05) is 40.7 Å². The number of halogens is 2. The van der Waals surface area contributed by atoms with Crippen molar-refractivity contribution in [2.45, 2.75) is 6.61 Å². The standard InChI is InChI=1S/C18H16BrIO4/c1-3-7-23-18(21)13-9-15(20)17(16(10-13)22-2)24-11-12-5-4-6-14(19)8-12/h3-6,8-10H,1,7,11H2,2H3. The molecule has 0 N–H and O–H groups in total. The zero-order valence-electron chi connectivity index (χ0n) is 13.1. The molecule has 0 aromatic heterocycles. The number of methoxy groups -OCH3 is 1. The van der Waals surface area contributed by atoms with Gasteiger partial charge < -0.3 is 14.2 Å². The molecular weight excluding hydrogens is 487 g/mol. The lowest BCUT2D eigenvalue weighted by Gasteiger charge is -2.14. The quantitative estimate of drug-likeness (QED) is 0.304. The van der Waals surface area contributed by atoms with E-state index in [1.54, 1.807) is 12.1 Å². The van der Waals surface area contributed by atoms with Crippen LogP contribution >= 0.6 is 38.5 Å². The van der Waals surface area contributed by atoms with Crippen molar-refractivity contribution in [2.24, 2.45) is 0 Å². The molecule has 0 bridgehead atoms. The van der Waals surface area contributed by atoms with Gasteiger partial charge in [-0.25, -0.2) is 4.79 Å². The summed E-state index contributed by atoms with van der Waals surface area (Å²) in [5.74, 6) is 0.658. The second-order valence-electron chi connectivity index (χ2n) is 4.80. The van der Waals surface area contributed by atoms with Gasteiger partial charge in [0.2, 0.25) is 0 Å². The van der Waals surface area contributed by atoms with E-state index in [2.05, 4.69) is 45.1 Å². The number of rotatable bonds is 7. The van der Waals surface area contributed by atoms with E-state index in [4.69, 9.17) is 14.2 Å². The third kappa shape index (κ3) is 4.98. The second kappa shape index (κ2) is 9.08. The monoisotopic (exact) mass is 502 g/mol. The van der Waals surface area contributed by atoms with Crippen LogP contribution < -0.4 is 9.47 Å². The maximum absolute atomic E-state index is 12.0. The SMILES string of the molecule is C=CCOC(=O)c1cc(I)c(OCc2cccc(Br)c2)c(OC)c1. The maximum atomic E-state index is 12.0. The first-order chi connectivity index (χ1) is 11.5. The van der Waals surface area contributed by atoms with Crippen molar-refractivity contribution in [3.63, 3.8) is 0 Å². The highest BCUT2D eigenvalue weighted by molar-refractivity contribution is 14.1. The van der Waals surface area contributed by atoms with Crippen molar-refractivity contribution in [3.8, 4) is 11.5 Å². The Morgan fingerprint density at radius 3 is 2.79 bits per heavy atom. The number of esters is 1. The van der Waals surface area contributed by atoms with Crippen LogP contribution in [0.3, 0.4) is 0 Å². The summed E-state index contributed by atoms with van der Waals surface area (Å²) >= 11 is 5.55. The molecule has 24 heavy (non-hydrogen) atoms. The molecule has 126 valence electrons. The van der Waals surface area contributed by atoms with Crippen molar-refractivity contribution in [3.05, 3.63) is 68.2 Å². The van der Waals surface area contributed by atoms with Gasteiger partial charge in [0.25, 0.3) is 0 Å². The molecule has 0 atom stereocenters. The molecule has 6 heteroatoms. The maximum Gasteiger partial charge on any atom is 0.338 e. The molecule has 0 amide bonds. The zero-order valence-corrected chi connectivity index (χ0v) is 16.8. The van der Waals surface area contributed by atoms with Gasteiger partial charge in [0.15, 0.2) is 11.5 Å². The average Bonchev–Trinajstić information content (AvgIpc) is 2.58. The summed E-state index contributed by atoms with van der Waals surface area (Å²) in [6.45, 7) is 4.08. The number of hydrogen-bond acceptors (Lipinski definition) is 4. The minimum absolute atomic E-state index is 0.166. The Hall–Kier alpha value is -1.54. The van der Waals surface area contributed by atoms with Crippen LogP contribution in [0.15, 0.2) is 53.5 Å². The summed E-state index contributed by atoms with van der Waals surface area (Å²) < 4.78 is 18.1. The minimum atomic E-state index is -0.426. The van der Waals surface area contributed by atoms with E-state index >= 15 is 0 Å². The molecule has 0 fully saturated rings. The fourth-order valence-electron chi connectivity index (χ4n) is 1.98. The summed E-state index contributed by atoms with van der Waals surface area (Å²) in [6, 6.07) is 11.2. The minimum Gasteiger partial charge on any atom is -0.493 e. The number of benzene rings is 2. The van der Waals surface area contributed by atoms with E-state index < -0.39 is 5.97 Å². The lowest BCUT2D eigenvalue weighted by atomic mass is 10.2. The van der Waals surface area contributed by atoms with Gasteiger partial charge in [0, 0.05) is 4.47 Å². The van der Waals surface area contributed by atoms with Gasteiger partial charge in [-0.3, -0.25) is 0 Å². The molecule has 2 aromatic rings. The first-order valence-electron chi connectivity index (χ1n) is 7.08. The molecule has 0 saturated heterocycles. The number of hydrogen-bond donors (Lipinski definition) is 0. The fourth-order valence-corrected chi connectivity index (χ4v) is 3.18. The fraction of sp³-hybridized carbons (Fsp3) is 0.167. The highest BCUT2D eigenvalue weighted by Gasteiger charge is 2.16. The van der Waals surface area contributed by atoms with Gasteiger partial charge in [0.1, 0.15) is 13.2 Å². The van der Waals surface area contributed by atoms with Crippen LogP contribution in [0.4, 0.5) is 0 Å². The van der Waals surface area contributed by atoms with Gasteiger partial charge in [-0.2, -0.15) is 0 Å². The predicted molar refractivity (Wildman–Crippen MR) is 105 cm³/mol. The molecular formula is C18H16BrIO4. The Kier molecular flexibility index (Phi) is 7.11. The van der Waals surface area contributed by atoms with Crippen LogP contribution in [0.2, 0.25) is 0 Å².